The van der Waals surface area contributed by atoms with Crippen molar-refractivity contribution in [2.45, 2.75) is 98.1 Å². The molecule has 4 rings (SSSR count). The van der Waals surface area contributed by atoms with Gasteiger partial charge in [-0.15, -0.1) is 0 Å². The number of rotatable bonds is 9. The molecule has 11 nitrogen and oxygen atoms in total. The molecule has 0 bridgehead atoms. The maximum absolute atomic E-state index is 12.8. The van der Waals surface area contributed by atoms with E-state index in [1.165, 1.54) is 26.8 Å². The van der Waals surface area contributed by atoms with Gasteiger partial charge in [0, 0.05) is 38.3 Å². The predicted molar refractivity (Wildman–Crippen MR) is 142 cm³/mol. The summed E-state index contributed by atoms with van der Waals surface area (Å²) in [4.78, 5) is 61.6. The lowest BCUT2D eigenvalue weighted by Crippen LogP contribution is -2.81. The van der Waals surface area contributed by atoms with E-state index in [1.54, 1.807) is 13.8 Å². The van der Waals surface area contributed by atoms with Crippen LogP contribution in [0.2, 0.25) is 0 Å². The summed E-state index contributed by atoms with van der Waals surface area (Å²) in [7, 11) is 0. The third-order valence-electron chi connectivity index (χ3n) is 9.76. The molecule has 1 spiro atoms. The first-order chi connectivity index (χ1) is 19.1. The highest BCUT2D eigenvalue weighted by atomic mass is 16.6. The van der Waals surface area contributed by atoms with Gasteiger partial charge >= 0.3 is 29.8 Å². The molecule has 0 aromatic rings. The summed E-state index contributed by atoms with van der Waals surface area (Å²) in [6, 6.07) is 0. The fraction of sp³-hybridized carbons (Fsp3) is 0.767. The molecular weight excluding hydrogens is 536 g/mol. The average molecular weight is 579 g/mol. The minimum atomic E-state index is -0.961. The van der Waals surface area contributed by atoms with Gasteiger partial charge in [-0.05, 0) is 37.0 Å². The van der Waals surface area contributed by atoms with Crippen molar-refractivity contribution in [3.8, 4) is 0 Å². The molecule has 228 valence electrons. The van der Waals surface area contributed by atoms with E-state index in [1.807, 2.05) is 6.92 Å². The number of hydrogen-bond acceptors (Lipinski definition) is 11. The molecular formula is C30H42O11. The summed E-state index contributed by atoms with van der Waals surface area (Å²) in [5.41, 5.74) is -1.92. The van der Waals surface area contributed by atoms with Crippen molar-refractivity contribution in [1.29, 1.82) is 0 Å². The van der Waals surface area contributed by atoms with Gasteiger partial charge in [0.1, 0.15) is 37.1 Å². The third-order valence-corrected chi connectivity index (χ3v) is 9.76. The fourth-order valence-electron chi connectivity index (χ4n) is 7.69. The monoisotopic (exact) mass is 578 g/mol. The van der Waals surface area contributed by atoms with Gasteiger partial charge < -0.3 is 28.4 Å². The summed E-state index contributed by atoms with van der Waals surface area (Å²) in [6.07, 6.45) is 1.07. The number of esters is 5. The number of carbonyl (C=O) groups is 5. The standard InChI is InChI=1S/C30H42O11/c1-16(2)27(35)41-23(21-11-25(34)36-13-21)12-28(7)17(3)10-24(40-20(6)33)30-15-38-29(30,14-37-18(4)31)9-8-22(26(28)30)39-19(5)32/h11,16-17,22-24,26H,8-10,12-15H2,1-7H3/t17-,22?,23?,24?,26-,28+,29-,30-/m0/s1. The van der Waals surface area contributed by atoms with Crippen LogP contribution in [0.5, 0.6) is 0 Å². The van der Waals surface area contributed by atoms with Crippen LogP contribution in [0.25, 0.3) is 0 Å². The summed E-state index contributed by atoms with van der Waals surface area (Å²) in [5, 5.41) is 0. The van der Waals surface area contributed by atoms with Gasteiger partial charge in [0.05, 0.1) is 17.9 Å². The molecule has 0 N–H and O–H groups in total. The van der Waals surface area contributed by atoms with Crippen LogP contribution in [0.1, 0.15) is 74.1 Å². The van der Waals surface area contributed by atoms with E-state index in [9.17, 15) is 24.0 Å². The Morgan fingerprint density at radius 2 is 1.76 bits per heavy atom. The Kier molecular flexibility index (Phi) is 8.60. The molecule has 41 heavy (non-hydrogen) atoms. The smallest absolute Gasteiger partial charge is 0.331 e. The summed E-state index contributed by atoms with van der Waals surface area (Å²) in [5.74, 6) is -3.19. The van der Waals surface area contributed by atoms with E-state index in [0.29, 0.717) is 31.3 Å². The van der Waals surface area contributed by atoms with Crippen molar-refractivity contribution in [3.05, 3.63) is 11.6 Å². The van der Waals surface area contributed by atoms with E-state index in [-0.39, 0.29) is 25.7 Å². The van der Waals surface area contributed by atoms with Crippen LogP contribution in [-0.4, -0.2) is 73.6 Å². The number of ether oxygens (including phenoxy) is 6. The lowest BCUT2D eigenvalue weighted by molar-refractivity contribution is -0.391. The molecule has 0 amide bonds. The number of cyclic esters (lactones) is 1. The van der Waals surface area contributed by atoms with E-state index in [2.05, 4.69) is 6.92 Å². The second-order valence-corrected chi connectivity index (χ2v) is 12.6. The van der Waals surface area contributed by atoms with Gasteiger partial charge in [-0.3, -0.25) is 19.2 Å². The van der Waals surface area contributed by atoms with Gasteiger partial charge in [0.15, 0.2) is 0 Å². The lowest BCUT2D eigenvalue weighted by atomic mass is 9.39. The SMILES string of the molecule is CC(=O)OC[C@@]12CCC(OC(C)=O)[C@H]3[C@](C)(CC(OC(=O)C(C)C)C4=CC(=O)OC4)[C@@H](C)CC(OC(C)=O)[C@@]31CO2. The highest BCUT2D eigenvalue weighted by molar-refractivity contribution is 5.85. The van der Waals surface area contributed by atoms with Crippen LogP contribution in [0.3, 0.4) is 0 Å². The molecule has 2 heterocycles. The van der Waals surface area contributed by atoms with Crippen molar-refractivity contribution in [3.63, 3.8) is 0 Å². The van der Waals surface area contributed by atoms with Gasteiger partial charge in [-0.25, -0.2) is 4.79 Å². The van der Waals surface area contributed by atoms with Crippen molar-refractivity contribution >= 4 is 29.8 Å². The topological polar surface area (TPSA) is 141 Å². The largest absolute Gasteiger partial charge is 0.463 e. The van der Waals surface area contributed by atoms with Crippen LogP contribution >= 0.6 is 0 Å². The van der Waals surface area contributed by atoms with E-state index in [0.717, 1.165) is 0 Å². The summed E-state index contributed by atoms with van der Waals surface area (Å²) >= 11 is 0. The van der Waals surface area contributed by atoms with E-state index in [4.69, 9.17) is 28.4 Å². The molecule has 0 aromatic heterocycles. The molecule has 0 radical (unpaired) electrons. The Hall–Kier alpha value is -2.95. The first-order valence-electron chi connectivity index (χ1n) is 14.3. The molecule has 2 saturated carbocycles. The van der Waals surface area contributed by atoms with Crippen molar-refractivity contribution in [2.75, 3.05) is 19.8 Å². The van der Waals surface area contributed by atoms with Crippen LogP contribution in [0.15, 0.2) is 11.6 Å². The maximum atomic E-state index is 12.8. The highest BCUT2D eigenvalue weighted by Gasteiger charge is 2.78. The minimum absolute atomic E-state index is 0.0120. The molecule has 11 heteroatoms. The third kappa shape index (κ3) is 5.49. The Morgan fingerprint density at radius 1 is 1.07 bits per heavy atom. The summed E-state index contributed by atoms with van der Waals surface area (Å²) < 4.78 is 34.9. The highest BCUT2D eigenvalue weighted by Crippen LogP contribution is 2.70. The zero-order chi connectivity index (χ0) is 30.3. The molecule has 8 atom stereocenters. The van der Waals surface area contributed by atoms with E-state index >= 15 is 0 Å². The van der Waals surface area contributed by atoms with Crippen LogP contribution in [0, 0.1) is 28.6 Å². The van der Waals surface area contributed by atoms with Crippen LogP contribution in [0.4, 0.5) is 0 Å². The van der Waals surface area contributed by atoms with Crippen molar-refractivity contribution in [2.24, 2.45) is 28.6 Å². The van der Waals surface area contributed by atoms with Crippen LogP contribution < -0.4 is 0 Å². The second kappa shape index (κ2) is 11.4. The molecule has 4 aliphatic rings. The van der Waals surface area contributed by atoms with E-state index < -0.39 is 76.4 Å². The number of hydrogen-bond donors (Lipinski definition) is 0. The van der Waals surface area contributed by atoms with Gasteiger partial charge in [0.25, 0.3) is 0 Å². The normalized spacial score (nSPS) is 36.5. The molecule has 2 aliphatic heterocycles. The van der Waals surface area contributed by atoms with Crippen LogP contribution in [-0.2, 0) is 52.4 Å². The molecule has 3 fully saturated rings. The Labute approximate surface area is 240 Å². The average Bonchev–Trinajstić information content (AvgIpc) is 3.29. The lowest BCUT2D eigenvalue weighted by Gasteiger charge is -2.73. The predicted octanol–water partition coefficient (Wildman–Crippen LogP) is 3.07. The Balaban J connectivity index is 1.84. The van der Waals surface area contributed by atoms with Gasteiger partial charge in [-0.1, -0.05) is 27.7 Å². The molecule has 2 aliphatic carbocycles. The summed E-state index contributed by atoms with van der Waals surface area (Å²) in [6.45, 7) is 11.8. The minimum Gasteiger partial charge on any atom is -0.463 e. The Morgan fingerprint density at radius 3 is 2.27 bits per heavy atom. The maximum Gasteiger partial charge on any atom is 0.331 e. The first kappa shape index (κ1) is 31.0. The van der Waals surface area contributed by atoms with Gasteiger partial charge in [0.2, 0.25) is 0 Å². The zero-order valence-electron chi connectivity index (χ0n) is 25.0. The van der Waals surface area contributed by atoms with Crippen molar-refractivity contribution < 1.29 is 52.4 Å². The Bertz CT molecular complexity index is 1130. The fourth-order valence-corrected chi connectivity index (χ4v) is 7.69. The first-order valence-corrected chi connectivity index (χ1v) is 14.3. The molecule has 3 unspecified atom stereocenters. The van der Waals surface area contributed by atoms with Crippen molar-refractivity contribution in [1.82, 2.24) is 0 Å². The second-order valence-electron chi connectivity index (χ2n) is 12.6. The zero-order valence-corrected chi connectivity index (χ0v) is 25.0. The number of carbonyl (C=O) groups excluding carboxylic acids is 5. The molecule has 1 saturated heterocycles. The quantitative estimate of drug-likeness (QED) is 0.294. The van der Waals surface area contributed by atoms with Gasteiger partial charge in [-0.2, -0.15) is 0 Å². The molecule has 0 aromatic carbocycles.